The SMILES string of the molecule is CC(C)CCOCCNC1CCCC1(C)C. The fraction of sp³-hybridized carbons (Fsp3) is 1.00. The summed E-state index contributed by atoms with van der Waals surface area (Å²) in [6.07, 6.45) is 5.24. The highest BCUT2D eigenvalue weighted by Crippen LogP contribution is 2.36. The number of hydrogen-bond donors (Lipinski definition) is 1. The van der Waals surface area contributed by atoms with E-state index in [2.05, 4.69) is 33.0 Å². The lowest BCUT2D eigenvalue weighted by Gasteiger charge is -2.27. The van der Waals surface area contributed by atoms with Crippen molar-refractivity contribution < 1.29 is 4.74 Å². The van der Waals surface area contributed by atoms with Crippen LogP contribution in [0.3, 0.4) is 0 Å². The van der Waals surface area contributed by atoms with Gasteiger partial charge in [0.2, 0.25) is 0 Å². The highest BCUT2D eigenvalue weighted by atomic mass is 16.5. The summed E-state index contributed by atoms with van der Waals surface area (Å²) in [4.78, 5) is 0. The number of rotatable bonds is 7. The Bertz CT molecular complexity index is 189. The van der Waals surface area contributed by atoms with E-state index in [0.717, 1.165) is 25.7 Å². The van der Waals surface area contributed by atoms with E-state index in [1.165, 1.54) is 25.7 Å². The Balaban J connectivity index is 1.99. The molecule has 96 valence electrons. The lowest BCUT2D eigenvalue weighted by Crippen LogP contribution is -2.39. The van der Waals surface area contributed by atoms with Gasteiger partial charge >= 0.3 is 0 Å². The van der Waals surface area contributed by atoms with Gasteiger partial charge in [0.05, 0.1) is 6.61 Å². The van der Waals surface area contributed by atoms with Crippen LogP contribution in [0.4, 0.5) is 0 Å². The smallest absolute Gasteiger partial charge is 0.0591 e. The van der Waals surface area contributed by atoms with Crippen LogP contribution in [-0.4, -0.2) is 25.8 Å². The molecule has 0 spiro atoms. The summed E-state index contributed by atoms with van der Waals surface area (Å²) in [7, 11) is 0. The third-order valence-electron chi connectivity index (χ3n) is 3.73. The van der Waals surface area contributed by atoms with Crippen LogP contribution in [0.5, 0.6) is 0 Å². The minimum Gasteiger partial charge on any atom is -0.380 e. The van der Waals surface area contributed by atoms with Crippen molar-refractivity contribution in [3.8, 4) is 0 Å². The Labute approximate surface area is 101 Å². The van der Waals surface area contributed by atoms with Gasteiger partial charge in [0, 0.05) is 19.2 Å². The summed E-state index contributed by atoms with van der Waals surface area (Å²) >= 11 is 0. The van der Waals surface area contributed by atoms with Gasteiger partial charge < -0.3 is 10.1 Å². The summed E-state index contributed by atoms with van der Waals surface area (Å²) in [6.45, 7) is 12.0. The molecule has 1 saturated carbocycles. The molecule has 0 amide bonds. The quantitative estimate of drug-likeness (QED) is 0.674. The van der Waals surface area contributed by atoms with E-state index in [-0.39, 0.29) is 0 Å². The monoisotopic (exact) mass is 227 g/mol. The molecule has 1 unspecified atom stereocenters. The van der Waals surface area contributed by atoms with Crippen LogP contribution >= 0.6 is 0 Å². The molecular formula is C14H29NO. The Morgan fingerprint density at radius 2 is 2.06 bits per heavy atom. The predicted octanol–water partition coefficient (Wildman–Crippen LogP) is 3.22. The van der Waals surface area contributed by atoms with E-state index in [4.69, 9.17) is 4.74 Å². The molecule has 0 aliphatic heterocycles. The van der Waals surface area contributed by atoms with Crippen LogP contribution in [0.1, 0.15) is 53.4 Å². The van der Waals surface area contributed by atoms with Crippen LogP contribution in [0, 0.1) is 11.3 Å². The van der Waals surface area contributed by atoms with Gasteiger partial charge in [-0.05, 0) is 30.6 Å². The Morgan fingerprint density at radius 1 is 1.31 bits per heavy atom. The molecule has 0 aromatic carbocycles. The molecule has 0 aromatic rings. The molecule has 2 heteroatoms. The van der Waals surface area contributed by atoms with Gasteiger partial charge in [0.1, 0.15) is 0 Å². The summed E-state index contributed by atoms with van der Waals surface area (Å²) in [5, 5.41) is 3.63. The molecular weight excluding hydrogens is 198 g/mol. The molecule has 1 aliphatic rings. The Kier molecular flexibility index (Phi) is 5.77. The first-order valence-corrected chi connectivity index (χ1v) is 6.83. The van der Waals surface area contributed by atoms with Crippen molar-refractivity contribution in [2.75, 3.05) is 19.8 Å². The van der Waals surface area contributed by atoms with Crippen LogP contribution in [0.25, 0.3) is 0 Å². The van der Waals surface area contributed by atoms with Crippen molar-refractivity contribution in [3.05, 3.63) is 0 Å². The highest BCUT2D eigenvalue weighted by molar-refractivity contribution is 4.89. The minimum absolute atomic E-state index is 0.484. The van der Waals surface area contributed by atoms with Crippen molar-refractivity contribution >= 4 is 0 Å². The van der Waals surface area contributed by atoms with Gasteiger partial charge in [-0.15, -0.1) is 0 Å². The highest BCUT2D eigenvalue weighted by Gasteiger charge is 2.33. The maximum absolute atomic E-state index is 5.61. The molecule has 0 heterocycles. The molecule has 16 heavy (non-hydrogen) atoms. The summed E-state index contributed by atoms with van der Waals surface area (Å²) in [5.41, 5.74) is 0.484. The maximum atomic E-state index is 5.61. The van der Waals surface area contributed by atoms with Crippen molar-refractivity contribution in [2.45, 2.75) is 59.4 Å². The largest absolute Gasteiger partial charge is 0.380 e. The van der Waals surface area contributed by atoms with Crippen LogP contribution < -0.4 is 5.32 Å². The van der Waals surface area contributed by atoms with Crippen LogP contribution in [0.2, 0.25) is 0 Å². The molecule has 0 radical (unpaired) electrons. The minimum atomic E-state index is 0.484. The molecule has 1 rings (SSSR count). The lowest BCUT2D eigenvalue weighted by molar-refractivity contribution is 0.119. The molecule has 1 atom stereocenters. The molecule has 0 aromatic heterocycles. The average molecular weight is 227 g/mol. The van der Waals surface area contributed by atoms with E-state index >= 15 is 0 Å². The summed E-state index contributed by atoms with van der Waals surface area (Å²) in [5.74, 6) is 0.752. The standard InChI is InChI=1S/C14H29NO/c1-12(2)7-10-16-11-9-15-13-6-5-8-14(13,3)4/h12-13,15H,5-11H2,1-4H3. The van der Waals surface area contributed by atoms with Crippen molar-refractivity contribution in [2.24, 2.45) is 11.3 Å². The normalized spacial score (nSPS) is 24.2. The van der Waals surface area contributed by atoms with E-state index < -0.39 is 0 Å². The van der Waals surface area contributed by atoms with E-state index in [1.807, 2.05) is 0 Å². The van der Waals surface area contributed by atoms with Gasteiger partial charge in [-0.3, -0.25) is 0 Å². The summed E-state index contributed by atoms with van der Waals surface area (Å²) < 4.78 is 5.61. The average Bonchev–Trinajstić information content (AvgIpc) is 2.51. The first kappa shape index (κ1) is 14.0. The van der Waals surface area contributed by atoms with Crippen molar-refractivity contribution in [3.63, 3.8) is 0 Å². The third kappa shape index (κ3) is 4.84. The topological polar surface area (TPSA) is 21.3 Å². The fourth-order valence-corrected chi connectivity index (χ4v) is 2.43. The number of ether oxygens (including phenoxy) is 1. The zero-order chi connectivity index (χ0) is 12.0. The van der Waals surface area contributed by atoms with E-state index in [9.17, 15) is 0 Å². The van der Waals surface area contributed by atoms with Crippen LogP contribution in [0.15, 0.2) is 0 Å². The Hall–Kier alpha value is -0.0800. The third-order valence-corrected chi connectivity index (χ3v) is 3.73. The van der Waals surface area contributed by atoms with E-state index in [1.54, 1.807) is 0 Å². The van der Waals surface area contributed by atoms with E-state index in [0.29, 0.717) is 11.5 Å². The first-order chi connectivity index (χ1) is 7.52. The van der Waals surface area contributed by atoms with Gasteiger partial charge in [0.25, 0.3) is 0 Å². The van der Waals surface area contributed by atoms with Gasteiger partial charge in [-0.2, -0.15) is 0 Å². The fourth-order valence-electron chi connectivity index (χ4n) is 2.43. The van der Waals surface area contributed by atoms with Gasteiger partial charge in [0.15, 0.2) is 0 Å². The molecule has 1 aliphatic carbocycles. The van der Waals surface area contributed by atoms with Gasteiger partial charge in [-0.1, -0.05) is 34.1 Å². The van der Waals surface area contributed by atoms with Crippen molar-refractivity contribution in [1.29, 1.82) is 0 Å². The molecule has 1 N–H and O–H groups in total. The second-order valence-corrected chi connectivity index (χ2v) is 6.18. The maximum Gasteiger partial charge on any atom is 0.0591 e. The second kappa shape index (κ2) is 6.61. The molecule has 0 saturated heterocycles. The van der Waals surface area contributed by atoms with Crippen LogP contribution in [-0.2, 0) is 4.74 Å². The second-order valence-electron chi connectivity index (χ2n) is 6.18. The number of nitrogens with one attached hydrogen (secondary N) is 1. The zero-order valence-corrected chi connectivity index (χ0v) is 11.5. The predicted molar refractivity (Wildman–Crippen MR) is 69.7 cm³/mol. The zero-order valence-electron chi connectivity index (χ0n) is 11.5. The Morgan fingerprint density at radius 3 is 2.62 bits per heavy atom. The summed E-state index contributed by atoms with van der Waals surface area (Å²) in [6, 6.07) is 0.696. The first-order valence-electron chi connectivity index (χ1n) is 6.83. The molecule has 2 nitrogen and oxygen atoms in total. The molecule has 1 fully saturated rings. The lowest BCUT2D eigenvalue weighted by atomic mass is 9.87. The van der Waals surface area contributed by atoms with Crippen molar-refractivity contribution in [1.82, 2.24) is 5.32 Å². The molecule has 0 bridgehead atoms. The number of hydrogen-bond acceptors (Lipinski definition) is 2. The van der Waals surface area contributed by atoms with Gasteiger partial charge in [-0.25, -0.2) is 0 Å².